The van der Waals surface area contributed by atoms with Crippen LogP contribution in [0.15, 0.2) is 72.8 Å². The van der Waals surface area contributed by atoms with E-state index in [4.69, 9.17) is 4.74 Å². The molecule has 5 nitrogen and oxygen atoms in total. The number of rotatable bonds is 8. The van der Waals surface area contributed by atoms with Crippen LogP contribution >= 0.6 is 0 Å². The van der Waals surface area contributed by atoms with Crippen molar-refractivity contribution < 1.29 is 14.3 Å². The van der Waals surface area contributed by atoms with Crippen LogP contribution in [0.25, 0.3) is 0 Å². The van der Waals surface area contributed by atoms with Gasteiger partial charge in [-0.1, -0.05) is 62.2 Å². The summed E-state index contributed by atoms with van der Waals surface area (Å²) in [5, 5.41) is 3.06. The molecule has 0 unspecified atom stereocenters. The summed E-state index contributed by atoms with van der Waals surface area (Å²) in [6, 6.07) is 22.7. The van der Waals surface area contributed by atoms with Crippen molar-refractivity contribution in [3.8, 4) is 5.75 Å². The minimum absolute atomic E-state index is 0.177. The van der Waals surface area contributed by atoms with E-state index in [-0.39, 0.29) is 17.4 Å². The smallest absolute Gasteiger partial charge is 0.254 e. The molecule has 1 aliphatic heterocycles. The van der Waals surface area contributed by atoms with Gasteiger partial charge in [-0.25, -0.2) is 0 Å². The molecule has 37 heavy (non-hydrogen) atoms. The van der Waals surface area contributed by atoms with Crippen molar-refractivity contribution in [1.29, 1.82) is 0 Å². The second-order valence-corrected chi connectivity index (χ2v) is 10.8. The third-order valence-electron chi connectivity index (χ3n) is 6.61. The number of hydrogen-bond acceptors (Lipinski definition) is 3. The minimum Gasteiger partial charge on any atom is -0.488 e. The van der Waals surface area contributed by atoms with Crippen LogP contribution in [0.3, 0.4) is 0 Å². The number of carbonyl (C=O) groups excluding carboxylic acids is 2. The van der Waals surface area contributed by atoms with Crippen molar-refractivity contribution in [2.75, 3.05) is 5.32 Å². The summed E-state index contributed by atoms with van der Waals surface area (Å²) in [4.78, 5) is 29.0. The molecule has 0 saturated heterocycles. The lowest BCUT2D eigenvalue weighted by Gasteiger charge is -2.36. The van der Waals surface area contributed by atoms with Crippen LogP contribution in [0, 0.1) is 0 Å². The molecule has 0 spiro atoms. The fraction of sp³-hybridized carbons (Fsp3) is 0.375. The Morgan fingerprint density at radius 3 is 2.38 bits per heavy atom. The molecular formula is C32H38N2O3. The third kappa shape index (κ3) is 7.00. The monoisotopic (exact) mass is 498 g/mol. The van der Waals surface area contributed by atoms with E-state index < -0.39 is 6.04 Å². The first-order chi connectivity index (χ1) is 17.7. The number of hydrogen-bond donors (Lipinski definition) is 1. The summed E-state index contributed by atoms with van der Waals surface area (Å²) in [5.74, 6) is 0.278. The van der Waals surface area contributed by atoms with E-state index in [0.717, 1.165) is 23.2 Å². The Labute approximate surface area is 220 Å². The molecule has 3 aromatic rings. The average molecular weight is 499 g/mol. The van der Waals surface area contributed by atoms with E-state index >= 15 is 0 Å². The van der Waals surface area contributed by atoms with Crippen molar-refractivity contribution >= 4 is 17.5 Å². The number of nitrogens with one attached hydrogen (secondary N) is 1. The maximum absolute atomic E-state index is 13.8. The van der Waals surface area contributed by atoms with Gasteiger partial charge >= 0.3 is 0 Å². The number of aryl methyl sites for hydroxylation is 1. The van der Waals surface area contributed by atoms with Crippen LogP contribution in [0.5, 0.6) is 5.75 Å². The lowest BCUT2D eigenvalue weighted by Crippen LogP contribution is -2.50. The number of unbranched alkanes of at least 4 members (excludes halogenated alkanes) is 2. The number of anilines is 1. The first kappa shape index (κ1) is 26.5. The first-order valence-corrected chi connectivity index (χ1v) is 13.3. The predicted molar refractivity (Wildman–Crippen MR) is 149 cm³/mol. The fourth-order valence-corrected chi connectivity index (χ4v) is 4.74. The summed E-state index contributed by atoms with van der Waals surface area (Å²) in [5.41, 5.74) is 4.32. The maximum Gasteiger partial charge on any atom is 0.254 e. The summed E-state index contributed by atoms with van der Waals surface area (Å²) in [7, 11) is 0. The number of nitrogens with zero attached hydrogens (tertiary/aromatic N) is 1. The van der Waals surface area contributed by atoms with Gasteiger partial charge in [0.1, 0.15) is 17.4 Å². The summed E-state index contributed by atoms with van der Waals surface area (Å²) < 4.78 is 5.98. The summed E-state index contributed by atoms with van der Waals surface area (Å²) in [6.45, 7) is 8.50. The topological polar surface area (TPSA) is 58.6 Å². The maximum atomic E-state index is 13.8. The van der Waals surface area contributed by atoms with Crippen molar-refractivity contribution in [2.24, 2.45) is 0 Å². The molecule has 0 saturated carbocycles. The van der Waals surface area contributed by atoms with Gasteiger partial charge in [0.2, 0.25) is 5.91 Å². The molecule has 0 bridgehead atoms. The number of fused-ring (bicyclic) bond motifs is 1. The largest absolute Gasteiger partial charge is 0.488 e. The highest BCUT2D eigenvalue weighted by Crippen LogP contribution is 2.28. The van der Waals surface area contributed by atoms with Crippen LogP contribution in [-0.2, 0) is 24.2 Å². The molecule has 0 aliphatic carbocycles. The summed E-state index contributed by atoms with van der Waals surface area (Å²) >= 11 is 0. The molecule has 1 heterocycles. The minimum atomic E-state index is -0.612. The quantitative estimate of drug-likeness (QED) is 0.347. The van der Waals surface area contributed by atoms with Gasteiger partial charge in [0, 0.05) is 24.2 Å². The first-order valence-electron chi connectivity index (χ1n) is 13.3. The molecule has 194 valence electrons. The molecule has 2 amide bonds. The highest BCUT2D eigenvalue weighted by molar-refractivity contribution is 6.01. The lowest BCUT2D eigenvalue weighted by molar-refractivity contribution is -0.121. The second-order valence-electron chi connectivity index (χ2n) is 10.8. The Hall–Kier alpha value is -3.60. The van der Waals surface area contributed by atoms with Crippen LogP contribution in [-0.4, -0.2) is 28.4 Å². The molecule has 1 N–H and O–H groups in total. The molecular weight excluding hydrogens is 460 g/mol. The average Bonchev–Trinajstić information content (AvgIpc) is 2.88. The van der Waals surface area contributed by atoms with E-state index in [1.165, 1.54) is 24.8 Å². The van der Waals surface area contributed by atoms with Gasteiger partial charge in [0.05, 0.1) is 0 Å². The van der Waals surface area contributed by atoms with Gasteiger partial charge < -0.3 is 15.0 Å². The van der Waals surface area contributed by atoms with Crippen molar-refractivity contribution in [3.63, 3.8) is 0 Å². The molecule has 3 aromatic carbocycles. The van der Waals surface area contributed by atoms with E-state index in [1.807, 2.05) is 69.3 Å². The highest BCUT2D eigenvalue weighted by Gasteiger charge is 2.35. The van der Waals surface area contributed by atoms with E-state index in [0.29, 0.717) is 24.3 Å². The Kier molecular flexibility index (Phi) is 8.32. The van der Waals surface area contributed by atoms with Crippen LogP contribution in [0.1, 0.15) is 74.0 Å². The van der Waals surface area contributed by atoms with Gasteiger partial charge in [-0.15, -0.1) is 0 Å². The van der Waals surface area contributed by atoms with Crippen molar-refractivity contribution in [1.82, 2.24) is 4.90 Å². The number of carbonyl (C=O) groups is 2. The molecule has 0 aromatic heterocycles. The Balaban J connectivity index is 1.55. The van der Waals surface area contributed by atoms with Gasteiger partial charge in [0.15, 0.2) is 0 Å². The Bertz CT molecular complexity index is 1230. The van der Waals surface area contributed by atoms with Crippen LogP contribution in [0.2, 0.25) is 0 Å². The molecule has 1 aliphatic rings. The van der Waals surface area contributed by atoms with E-state index in [1.54, 1.807) is 17.0 Å². The number of benzene rings is 3. The van der Waals surface area contributed by atoms with Gasteiger partial charge in [-0.2, -0.15) is 0 Å². The van der Waals surface area contributed by atoms with E-state index in [2.05, 4.69) is 24.4 Å². The molecule has 0 fully saturated rings. The lowest BCUT2D eigenvalue weighted by atomic mass is 9.92. The highest BCUT2D eigenvalue weighted by atomic mass is 16.5. The molecule has 1 atom stereocenters. The van der Waals surface area contributed by atoms with Crippen molar-refractivity contribution in [2.45, 2.75) is 78.0 Å². The fourth-order valence-electron chi connectivity index (χ4n) is 4.74. The summed E-state index contributed by atoms with van der Waals surface area (Å²) in [6.07, 6.45) is 5.10. The predicted octanol–water partition coefficient (Wildman–Crippen LogP) is 6.80. The number of ether oxygens (including phenoxy) is 1. The van der Waals surface area contributed by atoms with Crippen LogP contribution < -0.4 is 10.1 Å². The van der Waals surface area contributed by atoms with Crippen LogP contribution in [0.4, 0.5) is 5.69 Å². The molecule has 0 radical (unpaired) electrons. The zero-order chi connectivity index (χ0) is 26.4. The zero-order valence-corrected chi connectivity index (χ0v) is 22.4. The van der Waals surface area contributed by atoms with Gasteiger partial charge in [-0.3, -0.25) is 9.59 Å². The molecule has 5 heteroatoms. The Morgan fingerprint density at radius 2 is 1.68 bits per heavy atom. The SMILES string of the molecule is CCCCCc1ccc(NC(=O)[C@@H]2Cc3ccccc3CN2C(=O)c2cccc(OC(C)(C)C)c2)cc1. The standard InChI is InChI=1S/C32H38N2O3/c1-5-6-7-11-23-16-18-27(19-17-23)33-30(35)29-21-24-12-8-9-13-26(24)22-34(29)31(36)25-14-10-15-28(20-25)37-32(2,3)4/h8-10,12-20,29H,5-7,11,21-22H2,1-4H3,(H,33,35)/t29-/m0/s1. The normalized spacial score (nSPS) is 15.1. The molecule has 4 rings (SSSR count). The number of amides is 2. The van der Waals surface area contributed by atoms with Gasteiger partial charge in [-0.05, 0) is 80.6 Å². The van der Waals surface area contributed by atoms with Crippen molar-refractivity contribution in [3.05, 3.63) is 95.1 Å². The Morgan fingerprint density at radius 1 is 0.946 bits per heavy atom. The second kappa shape index (κ2) is 11.6. The third-order valence-corrected chi connectivity index (χ3v) is 6.61. The van der Waals surface area contributed by atoms with E-state index in [9.17, 15) is 9.59 Å². The van der Waals surface area contributed by atoms with Gasteiger partial charge in [0.25, 0.3) is 5.91 Å². The zero-order valence-electron chi connectivity index (χ0n) is 22.4.